The van der Waals surface area contributed by atoms with Crippen molar-refractivity contribution in [2.45, 2.75) is 44.9 Å². The van der Waals surface area contributed by atoms with Crippen molar-refractivity contribution in [2.75, 3.05) is 6.61 Å². The van der Waals surface area contributed by atoms with E-state index in [1.165, 1.54) is 6.42 Å². The first-order chi connectivity index (χ1) is 8.70. The van der Waals surface area contributed by atoms with Gasteiger partial charge in [0, 0.05) is 18.0 Å². The van der Waals surface area contributed by atoms with Gasteiger partial charge in [0.1, 0.15) is 5.82 Å². The van der Waals surface area contributed by atoms with Crippen molar-refractivity contribution in [1.29, 1.82) is 0 Å². The molecule has 0 N–H and O–H groups in total. The van der Waals surface area contributed by atoms with Gasteiger partial charge in [0.15, 0.2) is 0 Å². The summed E-state index contributed by atoms with van der Waals surface area (Å²) in [5.74, 6) is 2.26. The zero-order valence-electron chi connectivity index (χ0n) is 10.8. The fraction of sp³-hybridized carbons (Fsp3) is 0.643. The number of rotatable bonds is 4. The van der Waals surface area contributed by atoms with E-state index in [2.05, 4.69) is 16.9 Å². The maximum atomic E-state index is 11.9. The van der Waals surface area contributed by atoms with E-state index in [-0.39, 0.29) is 5.97 Å². The minimum Gasteiger partial charge on any atom is -0.462 e. The average molecular weight is 246 g/mol. The Morgan fingerprint density at radius 3 is 2.78 bits per heavy atom. The Morgan fingerprint density at radius 2 is 2.22 bits per heavy atom. The zero-order valence-corrected chi connectivity index (χ0v) is 10.8. The second-order valence-electron chi connectivity index (χ2n) is 5.34. The van der Waals surface area contributed by atoms with Gasteiger partial charge in [0.25, 0.3) is 0 Å². The van der Waals surface area contributed by atoms with Crippen molar-refractivity contribution in [3.63, 3.8) is 0 Å². The number of nitrogens with zero attached hydrogens (tertiary/aromatic N) is 2. The lowest BCUT2D eigenvalue weighted by Crippen LogP contribution is -2.11. The van der Waals surface area contributed by atoms with E-state index >= 15 is 0 Å². The molecular formula is C14H18N2O2. The molecule has 2 aliphatic rings. The Bertz CT molecular complexity index is 483. The van der Waals surface area contributed by atoms with Crippen molar-refractivity contribution >= 4 is 5.97 Å². The first-order valence-corrected chi connectivity index (χ1v) is 6.74. The molecule has 2 aliphatic carbocycles. The molecule has 1 heterocycles. The maximum Gasteiger partial charge on any atom is 0.341 e. The molecule has 0 amide bonds. The molecule has 4 heteroatoms. The highest BCUT2D eigenvalue weighted by Crippen LogP contribution is 2.47. The molecule has 0 bridgehead atoms. The summed E-state index contributed by atoms with van der Waals surface area (Å²) >= 11 is 0. The molecule has 18 heavy (non-hydrogen) atoms. The van der Waals surface area contributed by atoms with Crippen LogP contribution in [-0.4, -0.2) is 22.5 Å². The fourth-order valence-electron chi connectivity index (χ4n) is 2.30. The number of hydrogen-bond donors (Lipinski definition) is 0. The van der Waals surface area contributed by atoms with Crippen LogP contribution in [0.3, 0.4) is 0 Å². The molecule has 0 saturated heterocycles. The van der Waals surface area contributed by atoms with Crippen molar-refractivity contribution in [1.82, 2.24) is 9.97 Å². The molecule has 96 valence electrons. The second-order valence-corrected chi connectivity index (χ2v) is 5.34. The van der Waals surface area contributed by atoms with Crippen molar-refractivity contribution in [3.8, 4) is 0 Å². The average Bonchev–Trinajstić information content (AvgIpc) is 3.23. The third-order valence-electron chi connectivity index (χ3n) is 3.74. The third kappa shape index (κ3) is 2.11. The number of ether oxygens (including phenoxy) is 1. The predicted octanol–water partition coefficient (Wildman–Crippen LogP) is 2.65. The van der Waals surface area contributed by atoms with Crippen LogP contribution in [0.4, 0.5) is 0 Å². The summed E-state index contributed by atoms with van der Waals surface area (Å²) in [7, 11) is 0. The summed E-state index contributed by atoms with van der Waals surface area (Å²) < 4.78 is 5.06. The molecule has 0 aromatic carbocycles. The molecule has 2 atom stereocenters. The number of hydrogen-bond acceptors (Lipinski definition) is 4. The second kappa shape index (κ2) is 4.34. The van der Waals surface area contributed by atoms with Gasteiger partial charge in [-0.05, 0) is 32.1 Å². The topological polar surface area (TPSA) is 52.1 Å². The van der Waals surface area contributed by atoms with E-state index in [0.717, 1.165) is 24.4 Å². The molecule has 1 aromatic heterocycles. The van der Waals surface area contributed by atoms with Crippen LogP contribution in [0.5, 0.6) is 0 Å². The van der Waals surface area contributed by atoms with Crippen LogP contribution >= 0.6 is 0 Å². The van der Waals surface area contributed by atoms with E-state index in [1.807, 2.05) is 6.92 Å². The lowest BCUT2D eigenvalue weighted by molar-refractivity contribution is 0.0523. The van der Waals surface area contributed by atoms with Crippen molar-refractivity contribution in [3.05, 3.63) is 23.3 Å². The van der Waals surface area contributed by atoms with Gasteiger partial charge in [0.05, 0.1) is 17.9 Å². The smallest absolute Gasteiger partial charge is 0.341 e. The Hall–Kier alpha value is -1.45. The molecule has 4 nitrogen and oxygen atoms in total. The molecule has 1 aromatic rings. The van der Waals surface area contributed by atoms with Gasteiger partial charge in [-0.25, -0.2) is 14.8 Å². The highest BCUT2D eigenvalue weighted by molar-refractivity contribution is 5.90. The van der Waals surface area contributed by atoms with Crippen LogP contribution in [0.25, 0.3) is 0 Å². The Morgan fingerprint density at radius 1 is 1.50 bits per heavy atom. The Kier molecular flexibility index (Phi) is 2.80. The molecule has 2 unspecified atom stereocenters. The van der Waals surface area contributed by atoms with Gasteiger partial charge < -0.3 is 4.74 Å². The monoisotopic (exact) mass is 246 g/mol. The summed E-state index contributed by atoms with van der Waals surface area (Å²) in [4.78, 5) is 20.8. The number of aromatic nitrogens is 2. The van der Waals surface area contributed by atoms with Crippen LogP contribution < -0.4 is 0 Å². The Balaban J connectivity index is 1.91. The molecular weight excluding hydrogens is 228 g/mol. The zero-order chi connectivity index (χ0) is 12.7. The lowest BCUT2D eigenvalue weighted by Gasteiger charge is -2.08. The molecule has 3 rings (SSSR count). The third-order valence-corrected chi connectivity index (χ3v) is 3.74. The van der Waals surface area contributed by atoms with E-state index in [4.69, 9.17) is 4.74 Å². The molecule has 0 radical (unpaired) electrons. The standard InChI is InChI=1S/C14H18N2O2/c1-3-18-14(17)11-7-15-13(10-6-8(10)2)16-12(11)9-4-5-9/h7-10H,3-6H2,1-2H3. The van der Waals surface area contributed by atoms with Gasteiger partial charge in [-0.3, -0.25) is 0 Å². The number of carbonyl (C=O) groups is 1. The fourth-order valence-corrected chi connectivity index (χ4v) is 2.30. The predicted molar refractivity (Wildman–Crippen MR) is 66.5 cm³/mol. The molecule has 2 saturated carbocycles. The van der Waals surface area contributed by atoms with E-state index < -0.39 is 0 Å². The van der Waals surface area contributed by atoms with Crippen LogP contribution in [0.1, 0.15) is 66.8 Å². The minimum atomic E-state index is -0.283. The molecule has 2 fully saturated rings. The largest absolute Gasteiger partial charge is 0.462 e. The number of esters is 1. The molecule has 0 spiro atoms. The highest BCUT2D eigenvalue weighted by atomic mass is 16.5. The van der Waals surface area contributed by atoms with Gasteiger partial charge in [-0.2, -0.15) is 0 Å². The van der Waals surface area contributed by atoms with Gasteiger partial charge in [-0.1, -0.05) is 6.92 Å². The quantitative estimate of drug-likeness (QED) is 0.766. The number of carbonyl (C=O) groups excluding carboxylic acids is 1. The first-order valence-electron chi connectivity index (χ1n) is 6.74. The van der Waals surface area contributed by atoms with Crippen molar-refractivity contribution in [2.24, 2.45) is 5.92 Å². The maximum absolute atomic E-state index is 11.9. The summed E-state index contributed by atoms with van der Waals surface area (Å²) in [6.45, 7) is 4.42. The first kappa shape index (κ1) is 11.6. The SMILES string of the molecule is CCOC(=O)c1cnc(C2CC2C)nc1C1CC1. The van der Waals surface area contributed by atoms with Gasteiger partial charge in [0.2, 0.25) is 0 Å². The highest BCUT2D eigenvalue weighted by Gasteiger charge is 2.38. The minimum absolute atomic E-state index is 0.283. The van der Waals surface area contributed by atoms with E-state index in [0.29, 0.717) is 29.9 Å². The van der Waals surface area contributed by atoms with Crippen LogP contribution in [0.2, 0.25) is 0 Å². The van der Waals surface area contributed by atoms with Gasteiger partial charge >= 0.3 is 5.97 Å². The summed E-state index contributed by atoms with van der Waals surface area (Å²) in [5, 5.41) is 0. The van der Waals surface area contributed by atoms with E-state index in [9.17, 15) is 4.79 Å². The summed E-state index contributed by atoms with van der Waals surface area (Å²) in [6.07, 6.45) is 5.09. The van der Waals surface area contributed by atoms with Gasteiger partial charge in [-0.15, -0.1) is 0 Å². The summed E-state index contributed by atoms with van der Waals surface area (Å²) in [6, 6.07) is 0. The van der Waals surface area contributed by atoms with Crippen LogP contribution in [-0.2, 0) is 4.74 Å². The van der Waals surface area contributed by atoms with E-state index in [1.54, 1.807) is 6.20 Å². The normalized spacial score (nSPS) is 25.9. The van der Waals surface area contributed by atoms with Crippen molar-refractivity contribution < 1.29 is 9.53 Å². The van der Waals surface area contributed by atoms with Crippen LogP contribution in [0.15, 0.2) is 6.20 Å². The Labute approximate surface area is 107 Å². The lowest BCUT2D eigenvalue weighted by atomic mass is 10.1. The molecule has 0 aliphatic heterocycles. The van der Waals surface area contributed by atoms with Crippen LogP contribution in [0, 0.1) is 5.92 Å². The summed E-state index contributed by atoms with van der Waals surface area (Å²) in [5.41, 5.74) is 1.48.